The molecule has 0 spiro atoms. The Morgan fingerprint density at radius 1 is 0.952 bits per heavy atom. The first-order chi connectivity index (χ1) is 30.4. The van der Waals surface area contributed by atoms with Gasteiger partial charge in [0.1, 0.15) is 12.4 Å². The van der Waals surface area contributed by atoms with Crippen LogP contribution in [0.2, 0.25) is 5.02 Å². The predicted molar refractivity (Wildman–Crippen MR) is 241 cm³/mol. The number of amides is 3. The second-order valence-electron chi connectivity index (χ2n) is 16.0. The summed E-state index contributed by atoms with van der Waals surface area (Å²) < 4.78 is 43.0. The van der Waals surface area contributed by atoms with Crippen molar-refractivity contribution in [3.05, 3.63) is 118 Å². The van der Waals surface area contributed by atoms with Crippen LogP contribution in [0.25, 0.3) is 16.5 Å². The minimum atomic E-state index is -4.44. The number of unbranched alkanes of at least 4 members (excludes halogenated alkanes) is 2. The molecule has 1 aromatic heterocycles. The number of nitrogens with one attached hydrogen (secondary N) is 1. The average Bonchev–Trinajstić information content (AvgIpc) is 3.60. The molecule has 7 rings (SSSR count). The maximum atomic E-state index is 14.9. The lowest BCUT2D eigenvalue weighted by Crippen LogP contribution is -2.46. The summed E-state index contributed by atoms with van der Waals surface area (Å²) in [6, 6.07) is 21.3. The predicted octanol–water partition coefficient (Wildman–Crippen LogP) is 6.42. The Morgan fingerprint density at radius 3 is 2.40 bits per heavy atom. The number of hydrogen-bond donors (Lipinski definition) is 2. The molecule has 3 amide bonds. The number of benzene rings is 4. The van der Waals surface area contributed by atoms with Crippen LogP contribution in [0.5, 0.6) is 5.75 Å². The van der Waals surface area contributed by atoms with Gasteiger partial charge in [-0.25, -0.2) is 17.8 Å². The molecule has 14 nitrogen and oxygen atoms in total. The van der Waals surface area contributed by atoms with Crippen molar-refractivity contribution in [1.82, 2.24) is 29.2 Å². The van der Waals surface area contributed by atoms with E-state index in [9.17, 15) is 27.9 Å². The van der Waals surface area contributed by atoms with Gasteiger partial charge >= 0.3 is 0 Å². The highest BCUT2D eigenvalue weighted by molar-refractivity contribution is 7.90. The Balaban J connectivity index is 1.22. The largest absolute Gasteiger partial charge is 0.492 e. The normalized spacial score (nSPS) is 15.6. The number of aliphatic hydroxyl groups is 1. The fraction of sp³-hybridized carbons (Fsp3) is 0.404. The first-order valence-electron chi connectivity index (χ1n) is 21.6. The van der Waals surface area contributed by atoms with Gasteiger partial charge in [0.05, 0.1) is 52.7 Å². The molecule has 16 heteroatoms. The van der Waals surface area contributed by atoms with Gasteiger partial charge in [0, 0.05) is 50.2 Å². The second-order valence-corrected chi connectivity index (χ2v) is 18.1. The summed E-state index contributed by atoms with van der Waals surface area (Å²) in [5.41, 5.74) is 2.44. The van der Waals surface area contributed by atoms with E-state index in [0.717, 1.165) is 55.3 Å². The molecule has 63 heavy (non-hydrogen) atoms. The van der Waals surface area contributed by atoms with Gasteiger partial charge in [-0.05, 0) is 79.1 Å². The summed E-state index contributed by atoms with van der Waals surface area (Å²) >= 11 is 6.87. The maximum Gasteiger partial charge on any atom is 0.275 e. The van der Waals surface area contributed by atoms with Crippen LogP contribution in [-0.4, -0.2) is 121 Å². The fourth-order valence-corrected chi connectivity index (χ4v) is 9.26. The summed E-state index contributed by atoms with van der Waals surface area (Å²) in [5.74, 6) is -1.32. The number of hydrogen-bond acceptors (Lipinski definition) is 10. The minimum Gasteiger partial charge on any atom is -0.492 e. The van der Waals surface area contributed by atoms with Gasteiger partial charge in [-0.15, -0.1) is 0 Å². The Labute approximate surface area is 373 Å². The number of aromatic nitrogens is 2. The zero-order valence-electron chi connectivity index (χ0n) is 36.0. The third-order valence-electron chi connectivity index (χ3n) is 11.8. The van der Waals surface area contributed by atoms with Crippen LogP contribution in [0.15, 0.2) is 83.8 Å². The molecule has 1 atom stereocenters. The lowest BCUT2D eigenvalue weighted by molar-refractivity contribution is 0.0323. The molecule has 0 bridgehead atoms. The van der Waals surface area contributed by atoms with Gasteiger partial charge in [0.2, 0.25) is 0 Å². The van der Waals surface area contributed by atoms with Gasteiger partial charge in [-0.3, -0.25) is 19.3 Å². The number of carbonyl (C=O) groups excluding carboxylic acids is 3. The van der Waals surface area contributed by atoms with Crippen LogP contribution < -0.4 is 9.46 Å². The van der Waals surface area contributed by atoms with Crippen LogP contribution in [0.1, 0.15) is 87.6 Å². The van der Waals surface area contributed by atoms with Crippen molar-refractivity contribution in [2.75, 3.05) is 59.2 Å². The van der Waals surface area contributed by atoms with Crippen molar-refractivity contribution in [2.45, 2.75) is 70.4 Å². The van der Waals surface area contributed by atoms with E-state index >= 15 is 0 Å². The Hall–Kier alpha value is -5.32. The highest BCUT2D eigenvalue weighted by atomic mass is 35.5. The van der Waals surface area contributed by atoms with Crippen LogP contribution >= 0.6 is 11.6 Å². The molecular formula is C47H55ClN6O8S. The van der Waals surface area contributed by atoms with Crippen molar-refractivity contribution in [1.29, 1.82) is 0 Å². The molecule has 2 aliphatic rings. The van der Waals surface area contributed by atoms with Gasteiger partial charge < -0.3 is 24.4 Å². The summed E-state index contributed by atoms with van der Waals surface area (Å²) in [4.78, 5) is 48.2. The Morgan fingerprint density at radius 2 is 1.68 bits per heavy atom. The van der Waals surface area contributed by atoms with Crippen molar-refractivity contribution >= 4 is 50.1 Å². The summed E-state index contributed by atoms with van der Waals surface area (Å²) in [6.07, 6.45) is 3.81. The van der Waals surface area contributed by atoms with Crippen molar-refractivity contribution < 1.29 is 37.4 Å². The number of morpholine rings is 1. The van der Waals surface area contributed by atoms with E-state index in [1.54, 1.807) is 28.9 Å². The molecule has 5 aromatic rings. The standard InChI is InChI=1S/C47H55ClN6O8S/c1-4-6-19-52(20-7-5-2)47(58)44-43(48)32(3)54(49-44)41-18-16-35(28-40(41)46(57)53-30-36-12-9-8-11-34(36)27-37(53)31-55)45(56)50-63(59,60)38-17-15-33-13-10-14-42(39(33)29-38)62-26-23-51-21-24-61-25-22-51/h8-18,28-29,37,55H,4-7,19-27,30-31H2,1-3H3,(H,50,56). The quantitative estimate of drug-likeness (QED) is 0.107. The van der Waals surface area contributed by atoms with Gasteiger partial charge in [0.25, 0.3) is 27.7 Å². The van der Waals surface area contributed by atoms with Gasteiger partial charge in [-0.2, -0.15) is 5.10 Å². The highest BCUT2D eigenvalue weighted by Crippen LogP contribution is 2.32. The molecule has 0 aliphatic carbocycles. The molecule has 0 radical (unpaired) electrons. The van der Waals surface area contributed by atoms with Crippen molar-refractivity contribution in [3.63, 3.8) is 0 Å². The summed E-state index contributed by atoms with van der Waals surface area (Å²) in [5, 5.41) is 16.7. The lowest BCUT2D eigenvalue weighted by atomic mass is 9.93. The first kappa shape index (κ1) is 45.7. The third kappa shape index (κ3) is 10.2. The fourth-order valence-electron chi connectivity index (χ4n) is 8.06. The molecule has 4 aromatic carbocycles. The zero-order chi connectivity index (χ0) is 44.7. The van der Waals surface area contributed by atoms with E-state index in [2.05, 4.69) is 28.6 Å². The van der Waals surface area contributed by atoms with E-state index in [1.165, 1.54) is 35.0 Å². The molecule has 2 N–H and O–H groups in total. The SMILES string of the molecule is CCCCN(CCCC)C(=O)c1nn(-c2ccc(C(=O)NS(=O)(=O)c3ccc4cccc(OCCN5CCOCC5)c4c3)cc2C(=O)N2Cc3ccccc3CC2CO)c(C)c1Cl. The Kier molecular flexibility index (Phi) is 14.8. The zero-order valence-corrected chi connectivity index (χ0v) is 37.6. The number of nitrogens with zero attached hydrogens (tertiary/aromatic N) is 5. The highest BCUT2D eigenvalue weighted by Gasteiger charge is 2.34. The first-order valence-corrected chi connectivity index (χ1v) is 23.5. The van der Waals surface area contributed by atoms with E-state index in [0.29, 0.717) is 62.7 Å². The van der Waals surface area contributed by atoms with E-state index in [1.807, 2.05) is 36.4 Å². The van der Waals surface area contributed by atoms with Crippen LogP contribution in [0, 0.1) is 6.92 Å². The van der Waals surface area contributed by atoms with E-state index in [-0.39, 0.29) is 51.5 Å². The number of rotatable bonds is 17. The number of halogens is 1. The Bertz CT molecular complexity index is 2570. The molecule has 2 aliphatic heterocycles. The number of ether oxygens (including phenoxy) is 2. The number of carbonyl (C=O) groups is 3. The molecule has 1 saturated heterocycles. The number of fused-ring (bicyclic) bond motifs is 2. The van der Waals surface area contributed by atoms with Crippen LogP contribution in [0.3, 0.4) is 0 Å². The van der Waals surface area contributed by atoms with Crippen LogP contribution in [0.4, 0.5) is 0 Å². The maximum absolute atomic E-state index is 14.9. The average molecular weight is 900 g/mol. The second kappa shape index (κ2) is 20.5. The van der Waals surface area contributed by atoms with Crippen molar-refractivity contribution in [3.8, 4) is 11.4 Å². The molecule has 0 saturated carbocycles. The molecule has 1 unspecified atom stereocenters. The number of aliphatic hydroxyl groups excluding tert-OH is 1. The monoisotopic (exact) mass is 898 g/mol. The third-order valence-corrected chi connectivity index (χ3v) is 13.5. The molecular weight excluding hydrogens is 844 g/mol. The molecule has 1 fully saturated rings. The van der Waals surface area contributed by atoms with E-state index in [4.69, 9.17) is 21.1 Å². The van der Waals surface area contributed by atoms with E-state index < -0.39 is 27.9 Å². The van der Waals surface area contributed by atoms with Gasteiger partial charge in [-0.1, -0.05) is 80.8 Å². The van der Waals surface area contributed by atoms with Crippen LogP contribution in [-0.2, 0) is 27.7 Å². The smallest absolute Gasteiger partial charge is 0.275 e. The summed E-state index contributed by atoms with van der Waals surface area (Å²) in [7, 11) is -4.44. The minimum absolute atomic E-state index is 0.00228. The van der Waals surface area contributed by atoms with Gasteiger partial charge in [0.15, 0.2) is 5.69 Å². The van der Waals surface area contributed by atoms with Crippen molar-refractivity contribution in [2.24, 2.45) is 0 Å². The topological polar surface area (TPSA) is 164 Å². The lowest BCUT2D eigenvalue weighted by Gasteiger charge is -2.36. The summed E-state index contributed by atoms with van der Waals surface area (Å²) in [6.45, 7) is 10.8. The molecule has 3 heterocycles. The molecule has 334 valence electrons. The number of sulfonamides is 1.